The Kier molecular flexibility index (Phi) is 6.47. The van der Waals surface area contributed by atoms with Gasteiger partial charge >= 0.3 is 0 Å². The Morgan fingerprint density at radius 2 is 2.33 bits per heavy atom. The lowest BCUT2D eigenvalue weighted by Gasteiger charge is -2.36. The third-order valence-electron chi connectivity index (χ3n) is 3.45. The maximum atomic E-state index is 6.12. The molecular formula is C14H16BrCl2N3S. The van der Waals surface area contributed by atoms with Gasteiger partial charge in [0.05, 0.1) is 16.5 Å². The number of thiazole rings is 1. The normalized spacial score (nSPS) is 19.2. The van der Waals surface area contributed by atoms with E-state index in [0.29, 0.717) is 6.04 Å². The zero-order valence-electron chi connectivity index (χ0n) is 11.3. The maximum absolute atomic E-state index is 6.12. The molecule has 1 unspecified atom stereocenters. The molecule has 0 amide bonds. The smallest absolute Gasteiger partial charge is 0.108 e. The standard InChI is InChI=1S/C14H15BrClN3S.ClH/c15-13-8-18-14(20-13)9-19-5-4-17-7-12(19)10-2-1-3-11(16)6-10;/h1-3,6,8,12,17H,4-5,7,9H2;1H. The van der Waals surface area contributed by atoms with Gasteiger partial charge in [0.15, 0.2) is 0 Å². The van der Waals surface area contributed by atoms with Gasteiger partial charge in [0.1, 0.15) is 5.01 Å². The van der Waals surface area contributed by atoms with Crippen LogP contribution in [-0.2, 0) is 6.54 Å². The van der Waals surface area contributed by atoms with Crippen LogP contribution in [0.4, 0.5) is 0 Å². The molecule has 1 N–H and O–H groups in total. The van der Waals surface area contributed by atoms with Crippen LogP contribution in [0.2, 0.25) is 5.02 Å². The van der Waals surface area contributed by atoms with Gasteiger partial charge < -0.3 is 5.32 Å². The zero-order valence-corrected chi connectivity index (χ0v) is 15.2. The van der Waals surface area contributed by atoms with Crippen LogP contribution < -0.4 is 5.32 Å². The predicted molar refractivity (Wildman–Crippen MR) is 94.5 cm³/mol. The van der Waals surface area contributed by atoms with E-state index < -0.39 is 0 Å². The second-order valence-corrected chi connectivity index (χ2v) is 7.73. The van der Waals surface area contributed by atoms with Crippen LogP contribution in [-0.4, -0.2) is 29.5 Å². The Morgan fingerprint density at radius 1 is 1.48 bits per heavy atom. The van der Waals surface area contributed by atoms with Crippen LogP contribution >= 0.6 is 51.3 Å². The number of hydrogen-bond donors (Lipinski definition) is 1. The number of hydrogen-bond acceptors (Lipinski definition) is 4. The topological polar surface area (TPSA) is 28.2 Å². The van der Waals surface area contributed by atoms with Gasteiger partial charge in [-0.1, -0.05) is 23.7 Å². The van der Waals surface area contributed by atoms with Crippen LogP contribution in [0.1, 0.15) is 16.6 Å². The van der Waals surface area contributed by atoms with Crippen LogP contribution in [0.25, 0.3) is 0 Å². The van der Waals surface area contributed by atoms with Crippen molar-refractivity contribution in [1.82, 2.24) is 15.2 Å². The number of halogens is 3. The number of benzene rings is 1. The minimum absolute atomic E-state index is 0. The number of aromatic nitrogens is 1. The highest BCUT2D eigenvalue weighted by Gasteiger charge is 2.24. The van der Waals surface area contributed by atoms with Gasteiger partial charge in [-0.25, -0.2) is 4.98 Å². The van der Waals surface area contributed by atoms with Crippen LogP contribution in [0, 0.1) is 0 Å². The molecule has 0 radical (unpaired) electrons. The SMILES string of the molecule is Cl.Clc1cccc(C2CNCCN2Cc2ncc(Br)s2)c1. The summed E-state index contributed by atoms with van der Waals surface area (Å²) in [6.07, 6.45) is 1.87. The Hall–Kier alpha value is -0.170. The van der Waals surface area contributed by atoms with Crippen molar-refractivity contribution in [2.45, 2.75) is 12.6 Å². The van der Waals surface area contributed by atoms with Crippen molar-refractivity contribution in [3.05, 3.63) is 49.8 Å². The highest BCUT2D eigenvalue weighted by molar-refractivity contribution is 9.11. The van der Waals surface area contributed by atoms with E-state index in [2.05, 4.69) is 43.3 Å². The zero-order chi connectivity index (χ0) is 13.9. The molecule has 1 aromatic heterocycles. The van der Waals surface area contributed by atoms with Crippen molar-refractivity contribution < 1.29 is 0 Å². The summed E-state index contributed by atoms with van der Waals surface area (Å²) in [7, 11) is 0. The Morgan fingerprint density at radius 3 is 3.05 bits per heavy atom. The minimum atomic E-state index is 0. The van der Waals surface area contributed by atoms with Crippen LogP contribution in [0.5, 0.6) is 0 Å². The lowest BCUT2D eigenvalue weighted by molar-refractivity contribution is 0.153. The van der Waals surface area contributed by atoms with Crippen molar-refractivity contribution in [3.8, 4) is 0 Å². The summed E-state index contributed by atoms with van der Waals surface area (Å²) in [4.78, 5) is 6.90. The third-order valence-corrected chi connectivity index (χ3v) is 5.15. The highest BCUT2D eigenvalue weighted by Crippen LogP contribution is 2.28. The number of piperazine rings is 1. The molecule has 3 nitrogen and oxygen atoms in total. The fraction of sp³-hybridized carbons (Fsp3) is 0.357. The van der Waals surface area contributed by atoms with E-state index in [0.717, 1.165) is 40.0 Å². The minimum Gasteiger partial charge on any atom is -0.314 e. The second-order valence-electron chi connectivity index (χ2n) is 4.80. The average molecular weight is 409 g/mol. The van der Waals surface area contributed by atoms with Crippen LogP contribution in [0.15, 0.2) is 34.2 Å². The molecule has 0 bridgehead atoms. The van der Waals surface area contributed by atoms with Gasteiger partial charge in [-0.3, -0.25) is 4.90 Å². The van der Waals surface area contributed by atoms with Crippen molar-refractivity contribution in [2.75, 3.05) is 19.6 Å². The van der Waals surface area contributed by atoms with E-state index in [1.54, 1.807) is 11.3 Å². The number of nitrogens with zero attached hydrogens (tertiary/aromatic N) is 2. The van der Waals surface area contributed by atoms with Gasteiger partial charge in [-0.05, 0) is 33.6 Å². The van der Waals surface area contributed by atoms with Crippen molar-refractivity contribution in [1.29, 1.82) is 0 Å². The molecule has 0 spiro atoms. The van der Waals surface area contributed by atoms with Gasteiger partial charge in [-0.2, -0.15) is 0 Å². The van der Waals surface area contributed by atoms with E-state index in [1.807, 2.05) is 18.3 Å². The lowest BCUT2D eigenvalue weighted by Crippen LogP contribution is -2.45. The average Bonchev–Trinajstić information content (AvgIpc) is 2.85. The summed E-state index contributed by atoms with van der Waals surface area (Å²) in [5.41, 5.74) is 1.26. The van der Waals surface area contributed by atoms with E-state index in [4.69, 9.17) is 11.6 Å². The largest absolute Gasteiger partial charge is 0.314 e. The van der Waals surface area contributed by atoms with E-state index in [-0.39, 0.29) is 12.4 Å². The lowest BCUT2D eigenvalue weighted by atomic mass is 10.0. The Labute approximate surface area is 148 Å². The molecule has 3 rings (SSSR count). The molecule has 2 heterocycles. The molecule has 2 aromatic rings. The summed E-state index contributed by atoms with van der Waals surface area (Å²) < 4.78 is 1.09. The summed E-state index contributed by atoms with van der Waals surface area (Å²) in [5, 5.41) is 5.40. The molecule has 1 fully saturated rings. The number of rotatable bonds is 3. The summed E-state index contributed by atoms with van der Waals surface area (Å²) in [6, 6.07) is 8.50. The first kappa shape index (κ1) is 17.2. The molecule has 21 heavy (non-hydrogen) atoms. The quantitative estimate of drug-likeness (QED) is 0.827. The van der Waals surface area contributed by atoms with Crippen molar-refractivity contribution in [3.63, 3.8) is 0 Å². The molecule has 7 heteroatoms. The summed E-state index contributed by atoms with van der Waals surface area (Å²) in [5.74, 6) is 0. The van der Waals surface area contributed by atoms with Gasteiger partial charge in [0, 0.05) is 30.7 Å². The predicted octanol–water partition coefficient (Wildman–Crippen LogP) is 4.13. The molecule has 114 valence electrons. The fourth-order valence-electron chi connectivity index (χ4n) is 2.51. The van der Waals surface area contributed by atoms with Crippen molar-refractivity contribution in [2.24, 2.45) is 0 Å². The molecule has 0 saturated carbocycles. The Bertz CT molecular complexity index is 593. The second kappa shape index (κ2) is 7.90. The molecule has 1 atom stereocenters. The molecular weight excluding hydrogens is 393 g/mol. The van der Waals surface area contributed by atoms with Gasteiger partial charge in [-0.15, -0.1) is 23.7 Å². The molecule has 1 saturated heterocycles. The van der Waals surface area contributed by atoms with E-state index >= 15 is 0 Å². The first-order chi connectivity index (χ1) is 9.72. The summed E-state index contributed by atoms with van der Waals surface area (Å²) in [6.45, 7) is 3.88. The molecule has 1 aliphatic rings. The molecule has 1 aliphatic heterocycles. The van der Waals surface area contributed by atoms with Crippen LogP contribution in [0.3, 0.4) is 0 Å². The maximum Gasteiger partial charge on any atom is 0.108 e. The monoisotopic (exact) mass is 407 g/mol. The van der Waals surface area contributed by atoms with Gasteiger partial charge in [0.25, 0.3) is 0 Å². The molecule has 0 aliphatic carbocycles. The van der Waals surface area contributed by atoms with Gasteiger partial charge in [0.2, 0.25) is 0 Å². The summed E-state index contributed by atoms with van der Waals surface area (Å²) >= 11 is 11.3. The fourth-order valence-corrected chi connectivity index (χ4v) is 4.04. The number of nitrogens with one attached hydrogen (secondary N) is 1. The van der Waals surface area contributed by atoms with E-state index in [9.17, 15) is 0 Å². The van der Waals surface area contributed by atoms with E-state index in [1.165, 1.54) is 5.56 Å². The molecule has 1 aromatic carbocycles. The van der Waals surface area contributed by atoms with Crippen molar-refractivity contribution >= 4 is 51.3 Å². The third kappa shape index (κ3) is 4.41. The highest BCUT2D eigenvalue weighted by atomic mass is 79.9. The Balaban J connectivity index is 0.00000161. The first-order valence-corrected chi connectivity index (χ1v) is 8.51. The first-order valence-electron chi connectivity index (χ1n) is 6.53.